The largest absolute Gasteiger partial charge is 0.399 e. The minimum atomic E-state index is -0.312. The summed E-state index contributed by atoms with van der Waals surface area (Å²) in [6.07, 6.45) is 0. The van der Waals surface area contributed by atoms with E-state index in [1.54, 1.807) is 12.1 Å². The topological polar surface area (TPSA) is 49.5 Å². The molecule has 0 aliphatic carbocycles. The minimum absolute atomic E-state index is 0.312. The molecule has 72 valence electrons. The van der Waals surface area contributed by atoms with Gasteiger partial charge in [0.25, 0.3) is 0 Å². The van der Waals surface area contributed by atoms with Crippen molar-refractivity contribution in [2.75, 3.05) is 10.8 Å². The van der Waals surface area contributed by atoms with Crippen molar-refractivity contribution in [2.45, 2.75) is 26.3 Å². The summed E-state index contributed by atoms with van der Waals surface area (Å²) in [6.45, 7) is 5.78. The van der Waals surface area contributed by atoms with E-state index in [1.807, 2.05) is 32.9 Å². The van der Waals surface area contributed by atoms with E-state index in [9.17, 15) is 5.21 Å². The molecule has 3 heteroatoms. The number of nitrogen functional groups attached to an aromatic ring is 1. The zero-order valence-electron chi connectivity index (χ0n) is 8.28. The highest BCUT2D eigenvalue weighted by Crippen LogP contribution is 2.22. The SMILES string of the molecule is CC(C)(C)N(O)c1cccc(N)c1. The van der Waals surface area contributed by atoms with Gasteiger partial charge in [-0.15, -0.1) is 0 Å². The predicted octanol–water partition coefficient (Wildman–Crippen LogP) is 2.26. The maximum atomic E-state index is 9.76. The van der Waals surface area contributed by atoms with Crippen LogP contribution in [-0.2, 0) is 0 Å². The predicted molar refractivity (Wildman–Crippen MR) is 54.9 cm³/mol. The molecule has 0 heterocycles. The molecule has 0 amide bonds. The molecule has 0 fully saturated rings. The summed E-state index contributed by atoms with van der Waals surface area (Å²) >= 11 is 0. The maximum Gasteiger partial charge on any atom is 0.0660 e. The van der Waals surface area contributed by atoms with Gasteiger partial charge < -0.3 is 5.73 Å². The molecule has 0 aliphatic heterocycles. The van der Waals surface area contributed by atoms with E-state index in [-0.39, 0.29) is 5.54 Å². The first kappa shape index (κ1) is 9.86. The third-order valence-electron chi connectivity index (χ3n) is 1.75. The van der Waals surface area contributed by atoms with Crippen molar-refractivity contribution in [3.8, 4) is 0 Å². The summed E-state index contributed by atoms with van der Waals surface area (Å²) in [5, 5.41) is 11.0. The molecule has 0 saturated heterocycles. The van der Waals surface area contributed by atoms with Crippen molar-refractivity contribution >= 4 is 11.4 Å². The number of hydrogen-bond donors (Lipinski definition) is 2. The van der Waals surface area contributed by atoms with Crippen LogP contribution in [-0.4, -0.2) is 10.7 Å². The Hall–Kier alpha value is -1.22. The Kier molecular flexibility index (Phi) is 2.48. The number of benzene rings is 1. The molecule has 0 spiro atoms. The first-order chi connectivity index (χ1) is 5.91. The van der Waals surface area contributed by atoms with Crippen LogP contribution in [0.3, 0.4) is 0 Å². The van der Waals surface area contributed by atoms with Gasteiger partial charge in [-0.3, -0.25) is 10.3 Å². The number of anilines is 2. The van der Waals surface area contributed by atoms with Crippen LogP contribution in [0.2, 0.25) is 0 Å². The van der Waals surface area contributed by atoms with Gasteiger partial charge in [-0.05, 0) is 39.0 Å². The molecule has 1 aromatic rings. The van der Waals surface area contributed by atoms with Crippen molar-refractivity contribution in [2.24, 2.45) is 0 Å². The van der Waals surface area contributed by atoms with Gasteiger partial charge in [-0.2, -0.15) is 0 Å². The second-order valence-corrected chi connectivity index (χ2v) is 4.08. The highest BCUT2D eigenvalue weighted by atomic mass is 16.5. The van der Waals surface area contributed by atoms with Crippen LogP contribution >= 0.6 is 0 Å². The second-order valence-electron chi connectivity index (χ2n) is 4.08. The summed E-state index contributed by atoms with van der Waals surface area (Å²) in [5.41, 5.74) is 6.66. The van der Waals surface area contributed by atoms with Crippen LogP contribution < -0.4 is 10.8 Å². The summed E-state index contributed by atoms with van der Waals surface area (Å²) in [5.74, 6) is 0. The highest BCUT2D eigenvalue weighted by Gasteiger charge is 2.19. The van der Waals surface area contributed by atoms with E-state index in [1.165, 1.54) is 5.06 Å². The zero-order valence-corrected chi connectivity index (χ0v) is 8.28. The number of nitrogens with zero attached hydrogens (tertiary/aromatic N) is 1. The van der Waals surface area contributed by atoms with E-state index < -0.39 is 0 Å². The average molecular weight is 180 g/mol. The Labute approximate surface area is 78.7 Å². The fourth-order valence-electron chi connectivity index (χ4n) is 1.04. The fourth-order valence-corrected chi connectivity index (χ4v) is 1.04. The van der Waals surface area contributed by atoms with Crippen LogP contribution in [0.4, 0.5) is 11.4 Å². The van der Waals surface area contributed by atoms with Crippen LogP contribution in [0.5, 0.6) is 0 Å². The average Bonchev–Trinajstić information content (AvgIpc) is 2.01. The van der Waals surface area contributed by atoms with Crippen molar-refractivity contribution in [3.05, 3.63) is 24.3 Å². The Morgan fingerprint density at radius 3 is 2.38 bits per heavy atom. The smallest absolute Gasteiger partial charge is 0.0660 e. The highest BCUT2D eigenvalue weighted by molar-refractivity contribution is 5.55. The Morgan fingerprint density at radius 2 is 1.92 bits per heavy atom. The van der Waals surface area contributed by atoms with E-state index in [0.717, 1.165) is 0 Å². The van der Waals surface area contributed by atoms with Gasteiger partial charge in [0.05, 0.1) is 11.2 Å². The maximum absolute atomic E-state index is 9.76. The Morgan fingerprint density at radius 1 is 1.31 bits per heavy atom. The molecule has 0 aliphatic rings. The van der Waals surface area contributed by atoms with Gasteiger partial charge >= 0.3 is 0 Å². The standard InChI is InChI=1S/C10H16N2O/c1-10(2,3)12(13)9-6-4-5-8(11)7-9/h4-7,13H,11H2,1-3H3. The van der Waals surface area contributed by atoms with Crippen molar-refractivity contribution in [1.82, 2.24) is 0 Å². The van der Waals surface area contributed by atoms with Gasteiger partial charge in [-0.25, -0.2) is 0 Å². The normalized spacial score (nSPS) is 11.4. The number of nitrogens with two attached hydrogens (primary N) is 1. The zero-order chi connectivity index (χ0) is 10.1. The van der Waals surface area contributed by atoms with E-state index in [0.29, 0.717) is 11.4 Å². The van der Waals surface area contributed by atoms with E-state index >= 15 is 0 Å². The van der Waals surface area contributed by atoms with Crippen LogP contribution in [0.15, 0.2) is 24.3 Å². The molecule has 0 unspecified atom stereocenters. The summed E-state index contributed by atoms with van der Waals surface area (Å²) in [6, 6.07) is 7.17. The molecule has 3 N–H and O–H groups in total. The van der Waals surface area contributed by atoms with Crippen LogP contribution in [0.1, 0.15) is 20.8 Å². The van der Waals surface area contributed by atoms with Gasteiger partial charge in [0.2, 0.25) is 0 Å². The minimum Gasteiger partial charge on any atom is -0.399 e. The fraction of sp³-hybridized carbons (Fsp3) is 0.400. The van der Waals surface area contributed by atoms with E-state index in [2.05, 4.69) is 0 Å². The molecule has 0 atom stereocenters. The van der Waals surface area contributed by atoms with Crippen molar-refractivity contribution in [3.63, 3.8) is 0 Å². The molecule has 13 heavy (non-hydrogen) atoms. The summed E-state index contributed by atoms with van der Waals surface area (Å²) in [7, 11) is 0. The molecule has 0 aromatic heterocycles. The Bertz CT molecular complexity index is 291. The Balaban J connectivity index is 2.96. The summed E-state index contributed by atoms with van der Waals surface area (Å²) in [4.78, 5) is 0. The molecule has 0 radical (unpaired) electrons. The van der Waals surface area contributed by atoms with Gasteiger partial charge in [-0.1, -0.05) is 6.07 Å². The van der Waals surface area contributed by atoms with Crippen LogP contribution in [0.25, 0.3) is 0 Å². The first-order valence-corrected chi connectivity index (χ1v) is 4.26. The molecular weight excluding hydrogens is 164 g/mol. The molecule has 1 aromatic carbocycles. The lowest BCUT2D eigenvalue weighted by molar-refractivity contribution is 0.181. The molecule has 1 rings (SSSR count). The monoisotopic (exact) mass is 180 g/mol. The van der Waals surface area contributed by atoms with Crippen molar-refractivity contribution in [1.29, 1.82) is 0 Å². The second kappa shape index (κ2) is 3.26. The van der Waals surface area contributed by atoms with Gasteiger partial charge in [0.15, 0.2) is 0 Å². The quantitative estimate of drug-likeness (QED) is 0.515. The number of hydroxylamine groups is 1. The van der Waals surface area contributed by atoms with Gasteiger partial charge in [0.1, 0.15) is 0 Å². The lowest BCUT2D eigenvalue weighted by atomic mass is 10.1. The van der Waals surface area contributed by atoms with Crippen molar-refractivity contribution < 1.29 is 5.21 Å². The van der Waals surface area contributed by atoms with E-state index in [4.69, 9.17) is 5.73 Å². The van der Waals surface area contributed by atoms with Gasteiger partial charge in [0, 0.05) is 5.69 Å². The third-order valence-corrected chi connectivity index (χ3v) is 1.75. The molecule has 0 bridgehead atoms. The third kappa shape index (κ3) is 2.36. The lowest BCUT2D eigenvalue weighted by Crippen LogP contribution is -2.38. The number of rotatable bonds is 1. The lowest BCUT2D eigenvalue weighted by Gasteiger charge is -2.31. The first-order valence-electron chi connectivity index (χ1n) is 4.26. The molecule has 3 nitrogen and oxygen atoms in total. The number of hydrogen-bond acceptors (Lipinski definition) is 3. The van der Waals surface area contributed by atoms with Crippen LogP contribution in [0, 0.1) is 0 Å². The summed E-state index contributed by atoms with van der Waals surface area (Å²) < 4.78 is 0. The molecular formula is C10H16N2O. The molecule has 0 saturated carbocycles.